The number of rotatable bonds is 8. The molecule has 0 aliphatic rings. The molecule has 5 aromatic rings. The molecule has 40 heavy (non-hydrogen) atoms. The highest BCUT2D eigenvalue weighted by Gasteiger charge is 2.15. The molecule has 0 spiro atoms. The zero-order chi connectivity index (χ0) is 28.4. The van der Waals surface area contributed by atoms with E-state index in [-0.39, 0.29) is 11.2 Å². The van der Waals surface area contributed by atoms with Gasteiger partial charge in [-0.1, -0.05) is 70.3 Å². The van der Waals surface area contributed by atoms with Crippen LogP contribution in [0.4, 0.5) is 4.39 Å². The van der Waals surface area contributed by atoms with Crippen LogP contribution in [0, 0.1) is 11.2 Å². The van der Waals surface area contributed by atoms with Crippen LogP contribution in [-0.4, -0.2) is 15.2 Å². The van der Waals surface area contributed by atoms with Crippen molar-refractivity contribution in [2.75, 3.05) is 0 Å². The largest absolute Gasteiger partial charge is 0.359 e. The van der Waals surface area contributed by atoms with Crippen molar-refractivity contribution in [2.24, 2.45) is 5.41 Å². The minimum atomic E-state index is -0.245. The van der Waals surface area contributed by atoms with Gasteiger partial charge in [-0.05, 0) is 89.6 Å². The molecule has 3 N–H and O–H groups in total. The molecule has 4 nitrogen and oxygen atoms in total. The number of H-pyrrole nitrogens is 2. The second-order valence-electron chi connectivity index (χ2n) is 11.3. The lowest BCUT2D eigenvalue weighted by molar-refractivity contribution is 0.403. The summed E-state index contributed by atoms with van der Waals surface area (Å²) in [6.07, 6.45) is 6.87. The third-order valence-corrected chi connectivity index (χ3v) is 6.88. The first kappa shape index (κ1) is 26.9. The maximum atomic E-state index is 13.5. The van der Waals surface area contributed by atoms with E-state index in [4.69, 9.17) is 0 Å². The van der Waals surface area contributed by atoms with Crippen molar-refractivity contribution in [2.45, 2.75) is 34.1 Å². The molecule has 0 amide bonds. The molecular weight excluding hydrogens is 495 g/mol. The molecule has 2 heterocycles. The van der Waals surface area contributed by atoms with E-state index in [9.17, 15) is 4.39 Å². The Labute approximate surface area is 235 Å². The van der Waals surface area contributed by atoms with Crippen molar-refractivity contribution in [3.63, 3.8) is 0 Å². The fourth-order valence-corrected chi connectivity index (χ4v) is 5.10. The monoisotopic (exact) mass is 530 g/mol. The maximum Gasteiger partial charge on any atom is 0.123 e. The lowest BCUT2D eigenvalue weighted by Crippen LogP contribution is -2.16. The Balaban J connectivity index is 1.51. The van der Waals surface area contributed by atoms with Gasteiger partial charge in [-0.2, -0.15) is 5.10 Å². The van der Waals surface area contributed by atoms with Crippen LogP contribution in [0.25, 0.3) is 49.9 Å². The Morgan fingerprint density at radius 2 is 1.77 bits per heavy atom. The number of nitrogens with zero attached hydrogens (tertiary/aromatic N) is 1. The van der Waals surface area contributed by atoms with Gasteiger partial charge >= 0.3 is 0 Å². The molecule has 0 bridgehead atoms. The molecule has 0 aliphatic carbocycles. The normalized spacial score (nSPS) is 12.7. The summed E-state index contributed by atoms with van der Waals surface area (Å²) in [5, 5.41) is 13.4. The number of hydrogen-bond donors (Lipinski definition) is 3. The number of hydrogen-bond acceptors (Lipinski definition) is 2. The molecule has 5 rings (SSSR count). The Morgan fingerprint density at radius 3 is 2.48 bits per heavy atom. The van der Waals surface area contributed by atoms with Gasteiger partial charge < -0.3 is 10.3 Å². The first-order valence-electron chi connectivity index (χ1n) is 13.5. The highest BCUT2D eigenvalue weighted by atomic mass is 19.1. The first-order chi connectivity index (χ1) is 19.1. The van der Waals surface area contributed by atoms with E-state index < -0.39 is 0 Å². The van der Waals surface area contributed by atoms with Gasteiger partial charge in [0.25, 0.3) is 0 Å². The van der Waals surface area contributed by atoms with Gasteiger partial charge in [0.05, 0.1) is 11.2 Å². The maximum absolute atomic E-state index is 13.5. The summed E-state index contributed by atoms with van der Waals surface area (Å²) in [5.41, 5.74) is 9.86. The van der Waals surface area contributed by atoms with E-state index in [2.05, 4.69) is 96.9 Å². The second-order valence-corrected chi connectivity index (χ2v) is 11.3. The minimum Gasteiger partial charge on any atom is -0.359 e. The number of halogens is 1. The Morgan fingerprint density at radius 1 is 1.00 bits per heavy atom. The minimum absolute atomic E-state index is 0.144. The molecule has 202 valence electrons. The standard InChI is InChI=1S/C35H35FN4/c1-7-23(18-27(8-2)37-22(3)21-35(4,5)6)25-14-17-32-30(19-25)34(40-39-32)33-20-29-28(10-9-11-31(29)38-33)24-12-15-26(36)16-13-24/h7-20,37-38H,2-3,21H2,1,4-6H3,(H,39,40)/b23-7+,27-18+. The third kappa shape index (κ3) is 5.69. The Kier molecular flexibility index (Phi) is 7.31. The molecule has 0 saturated heterocycles. The van der Waals surface area contributed by atoms with E-state index in [1.54, 1.807) is 0 Å². The SMILES string of the molecule is C=C/C(=C\C(=C/C)c1ccc2[nH]nc(-c3cc4c(-c5ccc(F)cc5)cccc4[nH]3)c2c1)NC(=C)CC(C)(C)C. The fourth-order valence-electron chi connectivity index (χ4n) is 5.10. The lowest BCUT2D eigenvalue weighted by Gasteiger charge is -2.21. The van der Waals surface area contributed by atoms with E-state index in [1.807, 2.05) is 37.3 Å². The number of benzene rings is 3. The van der Waals surface area contributed by atoms with E-state index in [0.29, 0.717) is 0 Å². The molecule has 0 atom stereocenters. The Bertz CT molecular complexity index is 1770. The molecule has 3 aromatic carbocycles. The van der Waals surface area contributed by atoms with Crippen molar-refractivity contribution < 1.29 is 4.39 Å². The summed E-state index contributed by atoms with van der Waals surface area (Å²) in [6.45, 7) is 16.8. The van der Waals surface area contributed by atoms with Crippen LogP contribution in [0.3, 0.4) is 0 Å². The molecule has 0 unspecified atom stereocenters. The summed E-state index contributed by atoms with van der Waals surface area (Å²) in [5.74, 6) is -0.245. The molecule has 2 aromatic heterocycles. The summed E-state index contributed by atoms with van der Waals surface area (Å²) >= 11 is 0. The van der Waals surface area contributed by atoms with Crippen LogP contribution in [0.1, 0.15) is 39.7 Å². The topological polar surface area (TPSA) is 56.5 Å². The third-order valence-electron chi connectivity index (χ3n) is 6.88. The van der Waals surface area contributed by atoms with Crippen LogP contribution in [0.5, 0.6) is 0 Å². The highest BCUT2D eigenvalue weighted by Crippen LogP contribution is 2.35. The van der Waals surface area contributed by atoms with E-state index in [0.717, 1.165) is 73.3 Å². The smallest absolute Gasteiger partial charge is 0.123 e. The van der Waals surface area contributed by atoms with Crippen molar-refractivity contribution in [1.29, 1.82) is 0 Å². The van der Waals surface area contributed by atoms with Crippen LogP contribution in [0.2, 0.25) is 0 Å². The van der Waals surface area contributed by atoms with Gasteiger partial charge in [-0.3, -0.25) is 5.10 Å². The predicted octanol–water partition coefficient (Wildman–Crippen LogP) is 9.53. The fraction of sp³-hybridized carbons (Fsp3) is 0.171. The van der Waals surface area contributed by atoms with Gasteiger partial charge in [-0.25, -0.2) is 4.39 Å². The van der Waals surface area contributed by atoms with Gasteiger partial charge in [0.15, 0.2) is 0 Å². The number of aromatic amines is 2. The second kappa shape index (κ2) is 10.9. The average Bonchev–Trinajstić information content (AvgIpc) is 3.54. The van der Waals surface area contributed by atoms with Crippen molar-refractivity contribution in [3.8, 4) is 22.5 Å². The van der Waals surface area contributed by atoms with Gasteiger partial charge in [0.2, 0.25) is 0 Å². The first-order valence-corrected chi connectivity index (χ1v) is 13.5. The van der Waals surface area contributed by atoms with Crippen LogP contribution < -0.4 is 5.32 Å². The summed E-state index contributed by atoms with van der Waals surface area (Å²) < 4.78 is 13.5. The zero-order valence-corrected chi connectivity index (χ0v) is 23.5. The van der Waals surface area contributed by atoms with E-state index in [1.165, 1.54) is 12.1 Å². The summed E-state index contributed by atoms with van der Waals surface area (Å²) in [4.78, 5) is 3.54. The average molecular weight is 531 g/mol. The van der Waals surface area contributed by atoms with Gasteiger partial charge in [0, 0.05) is 27.7 Å². The number of allylic oxidation sites excluding steroid dienone is 5. The number of aromatic nitrogens is 3. The highest BCUT2D eigenvalue weighted by molar-refractivity contribution is 6.01. The van der Waals surface area contributed by atoms with Crippen LogP contribution in [0.15, 0.2) is 110 Å². The van der Waals surface area contributed by atoms with E-state index >= 15 is 0 Å². The Hall–Kier alpha value is -4.64. The molecule has 0 fully saturated rings. The van der Waals surface area contributed by atoms with Crippen molar-refractivity contribution in [1.82, 2.24) is 20.5 Å². The van der Waals surface area contributed by atoms with Gasteiger partial charge in [0.1, 0.15) is 11.5 Å². The lowest BCUT2D eigenvalue weighted by atomic mass is 9.91. The number of nitrogens with one attached hydrogen (secondary N) is 3. The van der Waals surface area contributed by atoms with Crippen LogP contribution in [-0.2, 0) is 0 Å². The summed E-state index contributed by atoms with van der Waals surface area (Å²) in [7, 11) is 0. The van der Waals surface area contributed by atoms with Crippen molar-refractivity contribution >= 4 is 27.4 Å². The zero-order valence-electron chi connectivity index (χ0n) is 23.5. The molecular formula is C35H35FN4. The summed E-state index contributed by atoms with van der Waals surface area (Å²) in [6, 6.07) is 21.2. The van der Waals surface area contributed by atoms with Gasteiger partial charge in [-0.15, -0.1) is 0 Å². The van der Waals surface area contributed by atoms with Crippen molar-refractivity contribution in [3.05, 3.63) is 121 Å². The molecule has 0 aliphatic heterocycles. The molecule has 0 radical (unpaired) electrons. The number of fused-ring (bicyclic) bond motifs is 2. The van der Waals surface area contributed by atoms with Crippen LogP contribution >= 0.6 is 0 Å². The molecule has 0 saturated carbocycles. The predicted molar refractivity (Wildman–Crippen MR) is 167 cm³/mol. The quantitative estimate of drug-likeness (QED) is 0.175. The molecule has 5 heteroatoms.